The standard InChI is InChI=1S/C20H21BrCl2N2O2/c1-4-14-8-10-15(11-9-14)18(26)13-20(2,3)25(23)24(22)19(27)16-6-5-7-17(21)12-16/h5-12H,4,13H2,1-3H3. The topological polar surface area (TPSA) is 40.6 Å². The number of hydrogen-bond donors (Lipinski definition) is 0. The number of hydrogen-bond acceptors (Lipinski definition) is 3. The molecule has 0 spiro atoms. The third-order valence-corrected chi connectivity index (χ3v) is 5.65. The van der Waals surface area contributed by atoms with Gasteiger partial charge in [0.2, 0.25) is 0 Å². The maximum atomic E-state index is 12.6. The minimum Gasteiger partial charge on any atom is -0.294 e. The monoisotopic (exact) mass is 470 g/mol. The second-order valence-electron chi connectivity index (χ2n) is 6.80. The van der Waals surface area contributed by atoms with Gasteiger partial charge in [-0.15, -0.1) is 4.53 Å². The third-order valence-electron chi connectivity index (χ3n) is 4.17. The number of hydrazine groups is 1. The van der Waals surface area contributed by atoms with Crippen LogP contribution in [0.4, 0.5) is 0 Å². The predicted octanol–water partition coefficient (Wildman–Crippen LogP) is 6.03. The summed E-state index contributed by atoms with van der Waals surface area (Å²) in [6.45, 7) is 5.56. The van der Waals surface area contributed by atoms with Gasteiger partial charge in [-0.25, -0.2) is 0 Å². The summed E-state index contributed by atoms with van der Waals surface area (Å²) < 4.78 is 2.62. The summed E-state index contributed by atoms with van der Waals surface area (Å²) in [4.78, 5) is 25.2. The van der Waals surface area contributed by atoms with E-state index in [4.69, 9.17) is 23.6 Å². The van der Waals surface area contributed by atoms with Crippen molar-refractivity contribution in [2.75, 3.05) is 0 Å². The van der Waals surface area contributed by atoms with Gasteiger partial charge in [-0.05, 0) is 44.0 Å². The molecule has 2 rings (SSSR count). The van der Waals surface area contributed by atoms with Gasteiger partial charge in [0.05, 0.1) is 5.54 Å². The Morgan fingerprint density at radius 3 is 2.22 bits per heavy atom. The van der Waals surface area contributed by atoms with Crippen LogP contribution in [0.1, 0.15) is 53.5 Å². The summed E-state index contributed by atoms with van der Waals surface area (Å²) in [6.07, 6.45) is 1.01. The molecule has 0 saturated heterocycles. The molecule has 2 aromatic carbocycles. The normalized spacial score (nSPS) is 11.5. The van der Waals surface area contributed by atoms with Crippen molar-refractivity contribution in [3.05, 3.63) is 69.7 Å². The zero-order chi connectivity index (χ0) is 20.2. The minimum atomic E-state index is -0.883. The van der Waals surface area contributed by atoms with Gasteiger partial charge in [0.25, 0.3) is 5.91 Å². The fraction of sp³-hybridized carbons (Fsp3) is 0.300. The predicted molar refractivity (Wildman–Crippen MR) is 113 cm³/mol. The van der Waals surface area contributed by atoms with E-state index in [0.29, 0.717) is 11.1 Å². The summed E-state index contributed by atoms with van der Waals surface area (Å²) in [7, 11) is 0. The Balaban J connectivity index is 2.11. The first-order valence-electron chi connectivity index (χ1n) is 8.49. The van der Waals surface area contributed by atoms with Crippen LogP contribution in [0.3, 0.4) is 0 Å². The highest BCUT2D eigenvalue weighted by Gasteiger charge is 2.35. The number of Topliss-reactive ketones (excluding diaryl/α,β-unsaturated/α-hetero) is 1. The molecule has 2 aromatic rings. The van der Waals surface area contributed by atoms with Crippen LogP contribution in [-0.2, 0) is 6.42 Å². The molecule has 0 aliphatic carbocycles. The Morgan fingerprint density at radius 2 is 1.67 bits per heavy atom. The largest absolute Gasteiger partial charge is 0.294 e. The number of aryl methyl sites for hydroxylation is 1. The number of rotatable bonds is 7. The Hall–Kier alpha value is -1.40. The van der Waals surface area contributed by atoms with Crippen LogP contribution in [0.25, 0.3) is 0 Å². The van der Waals surface area contributed by atoms with Crippen molar-refractivity contribution in [2.45, 2.75) is 39.2 Å². The van der Waals surface area contributed by atoms with Crippen LogP contribution in [0, 0.1) is 0 Å². The molecule has 0 unspecified atom stereocenters. The van der Waals surface area contributed by atoms with Gasteiger partial charge in [-0.3, -0.25) is 9.59 Å². The van der Waals surface area contributed by atoms with Gasteiger partial charge < -0.3 is 0 Å². The Labute approximate surface area is 178 Å². The fourth-order valence-corrected chi connectivity index (χ4v) is 3.36. The summed E-state index contributed by atoms with van der Waals surface area (Å²) in [6, 6.07) is 14.3. The molecule has 0 aliphatic heterocycles. The smallest absolute Gasteiger partial charge is 0.284 e. The Bertz CT molecular complexity index is 825. The number of amides is 1. The molecule has 1 amide bonds. The number of carbonyl (C=O) groups is 2. The molecular formula is C20H21BrCl2N2O2. The van der Waals surface area contributed by atoms with Crippen LogP contribution in [0.15, 0.2) is 53.0 Å². The first-order valence-corrected chi connectivity index (χ1v) is 9.96. The zero-order valence-corrected chi connectivity index (χ0v) is 18.5. The molecule has 0 heterocycles. The maximum Gasteiger partial charge on any atom is 0.284 e. The molecule has 0 bridgehead atoms. The van der Waals surface area contributed by atoms with Crippen molar-refractivity contribution in [3.8, 4) is 0 Å². The second-order valence-corrected chi connectivity index (χ2v) is 8.35. The molecule has 0 saturated carbocycles. The molecule has 144 valence electrons. The van der Waals surface area contributed by atoms with Crippen molar-refractivity contribution in [1.82, 2.24) is 9.06 Å². The quantitative estimate of drug-likeness (QED) is 0.281. The highest BCUT2D eigenvalue weighted by atomic mass is 79.9. The van der Waals surface area contributed by atoms with Crippen molar-refractivity contribution < 1.29 is 9.59 Å². The Kier molecular flexibility index (Phi) is 7.46. The van der Waals surface area contributed by atoms with Crippen molar-refractivity contribution in [1.29, 1.82) is 0 Å². The van der Waals surface area contributed by atoms with Crippen LogP contribution in [0.5, 0.6) is 0 Å². The lowest BCUT2D eigenvalue weighted by molar-refractivity contribution is 0.0374. The van der Waals surface area contributed by atoms with Gasteiger partial charge in [0, 0.05) is 45.6 Å². The van der Waals surface area contributed by atoms with Crippen molar-refractivity contribution in [2.24, 2.45) is 0 Å². The molecule has 0 aliphatic rings. The van der Waals surface area contributed by atoms with Gasteiger partial charge in [0.15, 0.2) is 5.78 Å². The van der Waals surface area contributed by atoms with E-state index in [-0.39, 0.29) is 12.2 Å². The molecule has 0 atom stereocenters. The summed E-state index contributed by atoms with van der Waals surface area (Å²) in [5, 5.41) is 0. The SMILES string of the molecule is CCc1ccc(C(=O)CC(C)(C)N(Cl)N(Cl)C(=O)c2cccc(Br)c2)cc1. The maximum absolute atomic E-state index is 12.6. The molecule has 0 fully saturated rings. The average Bonchev–Trinajstić information content (AvgIpc) is 2.65. The van der Waals surface area contributed by atoms with Gasteiger partial charge in [0.1, 0.15) is 0 Å². The summed E-state index contributed by atoms with van der Waals surface area (Å²) >= 11 is 15.8. The van der Waals surface area contributed by atoms with E-state index in [1.807, 2.05) is 12.1 Å². The molecule has 27 heavy (non-hydrogen) atoms. The molecular weight excluding hydrogens is 451 g/mol. The second kappa shape index (κ2) is 9.20. The molecule has 0 aromatic heterocycles. The van der Waals surface area contributed by atoms with E-state index >= 15 is 0 Å². The molecule has 4 nitrogen and oxygen atoms in total. The summed E-state index contributed by atoms with van der Waals surface area (Å²) in [5.41, 5.74) is 1.26. The number of nitrogens with zero attached hydrogens (tertiary/aromatic N) is 2. The summed E-state index contributed by atoms with van der Waals surface area (Å²) in [5.74, 6) is -0.561. The van der Waals surface area contributed by atoms with Crippen molar-refractivity contribution >= 4 is 51.2 Å². The number of ketones is 1. The van der Waals surface area contributed by atoms with Crippen LogP contribution in [0.2, 0.25) is 0 Å². The van der Waals surface area contributed by atoms with E-state index in [2.05, 4.69) is 22.9 Å². The van der Waals surface area contributed by atoms with E-state index in [1.54, 1.807) is 50.2 Å². The minimum absolute atomic E-state index is 0.0757. The number of carbonyl (C=O) groups excluding carboxylic acids is 2. The van der Waals surface area contributed by atoms with E-state index in [9.17, 15) is 9.59 Å². The number of halogens is 3. The van der Waals surface area contributed by atoms with Crippen LogP contribution >= 0.6 is 39.5 Å². The number of benzene rings is 2. The van der Waals surface area contributed by atoms with Gasteiger partial charge in [-0.1, -0.05) is 53.2 Å². The first kappa shape index (κ1) is 21.9. The first-order chi connectivity index (χ1) is 12.7. The third kappa shape index (κ3) is 5.55. The lowest BCUT2D eigenvalue weighted by Crippen LogP contribution is -2.48. The van der Waals surface area contributed by atoms with Gasteiger partial charge in [-0.2, -0.15) is 4.53 Å². The molecule has 0 radical (unpaired) electrons. The molecule has 7 heteroatoms. The van der Waals surface area contributed by atoms with Gasteiger partial charge >= 0.3 is 0 Å². The zero-order valence-electron chi connectivity index (χ0n) is 15.4. The highest BCUT2D eigenvalue weighted by Crippen LogP contribution is 2.28. The highest BCUT2D eigenvalue weighted by molar-refractivity contribution is 9.10. The van der Waals surface area contributed by atoms with E-state index in [0.717, 1.165) is 25.5 Å². The van der Waals surface area contributed by atoms with Crippen LogP contribution in [-0.4, -0.2) is 26.3 Å². The lowest BCUT2D eigenvalue weighted by Gasteiger charge is -2.35. The van der Waals surface area contributed by atoms with E-state index in [1.165, 1.54) is 0 Å². The molecule has 0 N–H and O–H groups in total. The van der Waals surface area contributed by atoms with E-state index < -0.39 is 11.4 Å². The van der Waals surface area contributed by atoms with Crippen molar-refractivity contribution in [3.63, 3.8) is 0 Å². The van der Waals surface area contributed by atoms with Crippen LogP contribution < -0.4 is 0 Å². The fourth-order valence-electron chi connectivity index (χ4n) is 2.53. The Morgan fingerprint density at radius 1 is 1.04 bits per heavy atom. The lowest BCUT2D eigenvalue weighted by atomic mass is 9.94. The average molecular weight is 472 g/mol.